The van der Waals surface area contributed by atoms with Gasteiger partial charge in [0.1, 0.15) is 18.3 Å². The minimum Gasteiger partial charge on any atom is -0.444 e. The number of anilines is 2. The third kappa shape index (κ3) is 6.38. The molecule has 204 valence electrons. The van der Waals surface area contributed by atoms with Gasteiger partial charge >= 0.3 is 18.3 Å². The maximum Gasteiger partial charge on any atom is 0.414 e. The van der Waals surface area contributed by atoms with E-state index in [1.165, 1.54) is 0 Å². The highest BCUT2D eigenvalue weighted by Crippen LogP contribution is 2.42. The Labute approximate surface area is 224 Å². The average Bonchev–Trinajstić information content (AvgIpc) is 3.41. The fourth-order valence-corrected chi connectivity index (χ4v) is 4.66. The molecule has 1 fully saturated rings. The quantitative estimate of drug-likeness (QED) is 0.509. The van der Waals surface area contributed by atoms with Gasteiger partial charge in [-0.2, -0.15) is 0 Å². The van der Waals surface area contributed by atoms with Crippen LogP contribution < -0.4 is 15.1 Å². The first-order valence-corrected chi connectivity index (χ1v) is 12.9. The molecule has 0 bridgehead atoms. The Kier molecular flexibility index (Phi) is 7.58. The molecule has 38 heavy (non-hydrogen) atoms. The molecule has 2 aromatic rings. The smallest absolute Gasteiger partial charge is 0.414 e. The molecule has 9 nitrogen and oxygen atoms in total. The van der Waals surface area contributed by atoms with Crippen molar-refractivity contribution < 1.29 is 28.6 Å². The number of nitrogens with zero attached hydrogens (tertiary/aromatic N) is 2. The molecule has 2 aromatic carbocycles. The standard InChI is InChI=1S/C29H37N3O6/c1-28(2,3)24-15-20-14-21(31-17-22(37-26(31)34)16-30-25(33)38-29(4,5)6)12-13-23(20)32(24)27(35)36-18-19-10-8-7-9-11-19/h7-14,22,24H,15-18H2,1-6H3,(H,30,33)/t22-,24?/m1/s1. The number of hydrogen-bond acceptors (Lipinski definition) is 6. The molecular formula is C29H37N3O6. The Bertz CT molecular complexity index is 1190. The van der Waals surface area contributed by atoms with Gasteiger partial charge in [-0.05, 0) is 61.9 Å². The lowest BCUT2D eigenvalue weighted by Gasteiger charge is -2.34. The number of fused-ring (bicyclic) bond motifs is 1. The molecule has 2 aliphatic rings. The van der Waals surface area contributed by atoms with Crippen molar-refractivity contribution in [3.8, 4) is 0 Å². The van der Waals surface area contributed by atoms with Gasteiger partial charge in [0.15, 0.2) is 0 Å². The summed E-state index contributed by atoms with van der Waals surface area (Å²) in [6, 6.07) is 15.1. The van der Waals surface area contributed by atoms with E-state index in [1.807, 2.05) is 48.5 Å². The highest BCUT2D eigenvalue weighted by atomic mass is 16.6. The largest absolute Gasteiger partial charge is 0.444 e. The number of carbonyl (C=O) groups is 3. The van der Waals surface area contributed by atoms with Crippen LogP contribution in [0.1, 0.15) is 52.7 Å². The number of amides is 3. The summed E-state index contributed by atoms with van der Waals surface area (Å²) in [5.41, 5.74) is 2.53. The highest BCUT2D eigenvalue weighted by Gasteiger charge is 2.42. The van der Waals surface area contributed by atoms with Crippen LogP contribution in [0, 0.1) is 5.41 Å². The molecule has 1 saturated heterocycles. The Morgan fingerprint density at radius 1 is 1.05 bits per heavy atom. The second-order valence-electron chi connectivity index (χ2n) is 11.8. The summed E-state index contributed by atoms with van der Waals surface area (Å²) < 4.78 is 16.4. The number of nitrogens with one attached hydrogen (secondary N) is 1. The fraction of sp³-hybridized carbons (Fsp3) is 0.483. The maximum atomic E-state index is 13.3. The number of hydrogen-bond donors (Lipinski definition) is 1. The number of alkyl carbamates (subject to hydrolysis) is 1. The first kappa shape index (κ1) is 27.3. The highest BCUT2D eigenvalue weighted by molar-refractivity contribution is 5.94. The van der Waals surface area contributed by atoms with Gasteiger partial charge in [0.25, 0.3) is 0 Å². The summed E-state index contributed by atoms with van der Waals surface area (Å²) in [6.07, 6.45) is -1.30. The van der Waals surface area contributed by atoms with E-state index < -0.39 is 30.0 Å². The van der Waals surface area contributed by atoms with Gasteiger partial charge in [0.05, 0.1) is 18.8 Å². The number of cyclic esters (lactones) is 1. The third-order valence-corrected chi connectivity index (χ3v) is 6.51. The number of benzene rings is 2. The zero-order valence-corrected chi connectivity index (χ0v) is 22.9. The topological polar surface area (TPSA) is 97.4 Å². The van der Waals surface area contributed by atoms with Gasteiger partial charge in [0.2, 0.25) is 0 Å². The van der Waals surface area contributed by atoms with E-state index in [1.54, 1.807) is 30.6 Å². The lowest BCUT2D eigenvalue weighted by atomic mass is 9.84. The van der Waals surface area contributed by atoms with Gasteiger partial charge in [-0.25, -0.2) is 14.4 Å². The predicted molar refractivity (Wildman–Crippen MR) is 144 cm³/mol. The van der Waals surface area contributed by atoms with Crippen LogP contribution in [0.3, 0.4) is 0 Å². The molecule has 2 heterocycles. The van der Waals surface area contributed by atoms with Gasteiger partial charge in [-0.15, -0.1) is 0 Å². The van der Waals surface area contributed by atoms with Crippen LogP contribution in [0.4, 0.5) is 25.8 Å². The first-order valence-electron chi connectivity index (χ1n) is 12.9. The van der Waals surface area contributed by atoms with E-state index in [0.29, 0.717) is 18.7 Å². The van der Waals surface area contributed by atoms with Crippen LogP contribution in [-0.4, -0.2) is 49.1 Å². The maximum absolute atomic E-state index is 13.3. The number of ether oxygens (including phenoxy) is 3. The molecule has 0 saturated carbocycles. The van der Waals surface area contributed by atoms with Crippen LogP contribution in [0.2, 0.25) is 0 Å². The van der Waals surface area contributed by atoms with E-state index in [4.69, 9.17) is 14.2 Å². The lowest BCUT2D eigenvalue weighted by Crippen LogP contribution is -2.45. The number of rotatable bonds is 5. The summed E-state index contributed by atoms with van der Waals surface area (Å²) in [5.74, 6) is 0. The summed E-state index contributed by atoms with van der Waals surface area (Å²) in [6.45, 7) is 12.3. The molecule has 1 N–H and O–H groups in total. The monoisotopic (exact) mass is 523 g/mol. The third-order valence-electron chi connectivity index (χ3n) is 6.51. The molecule has 2 aliphatic heterocycles. The van der Waals surface area contributed by atoms with E-state index >= 15 is 0 Å². The van der Waals surface area contributed by atoms with Crippen LogP contribution >= 0.6 is 0 Å². The Morgan fingerprint density at radius 2 is 1.76 bits per heavy atom. The average molecular weight is 524 g/mol. The van der Waals surface area contributed by atoms with Crippen molar-refractivity contribution in [2.75, 3.05) is 22.9 Å². The predicted octanol–water partition coefficient (Wildman–Crippen LogP) is 5.65. The van der Waals surface area contributed by atoms with Crippen molar-refractivity contribution in [1.29, 1.82) is 0 Å². The summed E-state index contributed by atoms with van der Waals surface area (Å²) in [5, 5.41) is 2.66. The van der Waals surface area contributed by atoms with Gasteiger partial charge in [-0.3, -0.25) is 9.80 Å². The molecule has 9 heteroatoms. The summed E-state index contributed by atoms with van der Waals surface area (Å²) >= 11 is 0. The van der Waals surface area contributed by atoms with Crippen LogP contribution in [-0.2, 0) is 27.2 Å². The summed E-state index contributed by atoms with van der Waals surface area (Å²) in [4.78, 5) is 41.2. The van der Waals surface area contributed by atoms with Crippen LogP contribution in [0.15, 0.2) is 48.5 Å². The fourth-order valence-electron chi connectivity index (χ4n) is 4.66. The molecule has 0 spiro atoms. The molecule has 0 radical (unpaired) electrons. The normalized spacial score (nSPS) is 19.2. The summed E-state index contributed by atoms with van der Waals surface area (Å²) in [7, 11) is 0. The minimum absolute atomic E-state index is 0.104. The van der Waals surface area contributed by atoms with Gasteiger partial charge in [0, 0.05) is 11.7 Å². The van der Waals surface area contributed by atoms with E-state index in [2.05, 4.69) is 26.1 Å². The van der Waals surface area contributed by atoms with E-state index in [9.17, 15) is 14.4 Å². The number of carbonyl (C=O) groups excluding carboxylic acids is 3. The van der Waals surface area contributed by atoms with E-state index in [0.717, 1.165) is 16.8 Å². The lowest BCUT2D eigenvalue weighted by molar-refractivity contribution is 0.0496. The van der Waals surface area contributed by atoms with Crippen molar-refractivity contribution >= 4 is 29.7 Å². The van der Waals surface area contributed by atoms with Crippen LogP contribution in [0.5, 0.6) is 0 Å². The van der Waals surface area contributed by atoms with Gasteiger partial charge < -0.3 is 19.5 Å². The Balaban J connectivity index is 1.46. The second kappa shape index (κ2) is 10.6. The molecule has 2 atom stereocenters. The van der Waals surface area contributed by atoms with Crippen molar-refractivity contribution in [1.82, 2.24) is 5.32 Å². The van der Waals surface area contributed by atoms with Gasteiger partial charge in [-0.1, -0.05) is 51.1 Å². The first-order chi connectivity index (χ1) is 17.8. The molecule has 4 rings (SSSR count). The molecule has 1 unspecified atom stereocenters. The second-order valence-corrected chi connectivity index (χ2v) is 11.8. The molecule has 0 aromatic heterocycles. The zero-order valence-electron chi connectivity index (χ0n) is 22.9. The zero-order chi connectivity index (χ0) is 27.7. The molecular weight excluding hydrogens is 486 g/mol. The Morgan fingerprint density at radius 3 is 2.42 bits per heavy atom. The molecule has 0 aliphatic carbocycles. The van der Waals surface area contributed by atoms with Crippen molar-refractivity contribution in [2.24, 2.45) is 5.41 Å². The van der Waals surface area contributed by atoms with Crippen molar-refractivity contribution in [3.63, 3.8) is 0 Å². The van der Waals surface area contributed by atoms with E-state index in [-0.39, 0.29) is 24.6 Å². The molecule has 3 amide bonds. The Hall–Kier alpha value is -3.75. The minimum atomic E-state index is -0.611. The van der Waals surface area contributed by atoms with Crippen molar-refractivity contribution in [3.05, 3.63) is 59.7 Å². The van der Waals surface area contributed by atoms with Crippen LogP contribution in [0.25, 0.3) is 0 Å². The van der Waals surface area contributed by atoms with Crippen molar-refractivity contribution in [2.45, 2.75) is 72.3 Å². The SMILES string of the molecule is CC(C)(C)OC(=O)NC[C@@H]1CN(c2ccc3c(c2)CC(C(C)(C)C)N3C(=O)OCc2ccccc2)C(=O)O1.